The smallest absolute Gasteiger partial charge is 0.276 e. The summed E-state index contributed by atoms with van der Waals surface area (Å²) in [6, 6.07) is 2.71. The molecule has 104 valence electrons. The fourth-order valence-electron chi connectivity index (χ4n) is 2.31. The Morgan fingerprint density at radius 2 is 2.32 bits per heavy atom. The molecule has 0 spiro atoms. The van der Waals surface area contributed by atoms with Crippen LogP contribution in [0.2, 0.25) is 5.15 Å². The van der Waals surface area contributed by atoms with Crippen LogP contribution >= 0.6 is 11.6 Å². The molecule has 1 unspecified atom stereocenters. The molecular weight excluding hydrogens is 270 g/mol. The van der Waals surface area contributed by atoms with Crippen LogP contribution in [0.4, 0.5) is 11.5 Å². The Morgan fingerprint density at radius 3 is 2.95 bits per heavy atom. The summed E-state index contributed by atoms with van der Waals surface area (Å²) in [4.78, 5) is 16.5. The average molecular weight is 286 g/mol. The molecule has 19 heavy (non-hydrogen) atoms. The predicted octanol–water partition coefficient (Wildman–Crippen LogP) is 2.65. The summed E-state index contributed by atoms with van der Waals surface area (Å²) < 4.78 is 5.50. The Morgan fingerprint density at radius 1 is 1.58 bits per heavy atom. The Bertz CT molecular complexity index is 497. The van der Waals surface area contributed by atoms with Crippen LogP contribution in [0.3, 0.4) is 0 Å². The van der Waals surface area contributed by atoms with Crippen molar-refractivity contribution in [2.75, 3.05) is 25.1 Å². The topological polar surface area (TPSA) is 68.5 Å². The van der Waals surface area contributed by atoms with E-state index in [1.54, 1.807) is 7.11 Å². The maximum Gasteiger partial charge on any atom is 0.276 e. The Labute approximate surface area is 116 Å². The zero-order valence-corrected chi connectivity index (χ0v) is 11.7. The first-order valence-corrected chi connectivity index (χ1v) is 6.43. The molecule has 7 heteroatoms. The van der Waals surface area contributed by atoms with Crippen LogP contribution in [0.15, 0.2) is 12.1 Å². The van der Waals surface area contributed by atoms with Crippen LogP contribution in [0.5, 0.6) is 0 Å². The fourth-order valence-corrected chi connectivity index (χ4v) is 2.50. The number of halogens is 1. The number of hydrogen-bond acceptors (Lipinski definition) is 5. The minimum atomic E-state index is -0.462. The zero-order valence-electron chi connectivity index (χ0n) is 10.9. The van der Waals surface area contributed by atoms with Crippen molar-refractivity contribution in [3.63, 3.8) is 0 Å². The van der Waals surface area contributed by atoms with Gasteiger partial charge in [-0.05, 0) is 19.8 Å². The van der Waals surface area contributed by atoms with Gasteiger partial charge in [0.2, 0.25) is 0 Å². The van der Waals surface area contributed by atoms with Crippen LogP contribution in [-0.2, 0) is 4.74 Å². The van der Waals surface area contributed by atoms with Gasteiger partial charge in [0, 0.05) is 20.2 Å². The number of methoxy groups -OCH3 is 1. The van der Waals surface area contributed by atoms with Gasteiger partial charge in [0.15, 0.2) is 0 Å². The lowest BCUT2D eigenvalue weighted by Gasteiger charge is -2.40. The van der Waals surface area contributed by atoms with E-state index in [0.29, 0.717) is 12.4 Å². The highest BCUT2D eigenvalue weighted by atomic mass is 35.5. The standard InChI is InChI=1S/C12H16ClN3O3/c1-12(19-2)4-3-5-15(8-12)11-7-9(16(17)18)6-10(13)14-11/h6-7H,3-5,8H2,1-2H3. The first-order chi connectivity index (χ1) is 8.93. The molecule has 0 radical (unpaired) electrons. The second-order valence-corrected chi connectivity index (χ2v) is 5.33. The third kappa shape index (κ3) is 3.13. The summed E-state index contributed by atoms with van der Waals surface area (Å²) >= 11 is 5.84. The first-order valence-electron chi connectivity index (χ1n) is 6.06. The number of ether oxygens (including phenoxy) is 1. The number of piperidine rings is 1. The molecule has 1 aliphatic rings. The highest BCUT2D eigenvalue weighted by Gasteiger charge is 2.32. The molecule has 2 rings (SSSR count). The number of pyridine rings is 1. The van der Waals surface area contributed by atoms with Crippen molar-refractivity contribution in [3.05, 3.63) is 27.4 Å². The van der Waals surface area contributed by atoms with Gasteiger partial charge < -0.3 is 9.64 Å². The molecule has 1 aromatic heterocycles. The van der Waals surface area contributed by atoms with Crippen molar-refractivity contribution in [1.82, 2.24) is 4.98 Å². The lowest BCUT2D eigenvalue weighted by Crippen LogP contribution is -2.47. The van der Waals surface area contributed by atoms with Gasteiger partial charge in [-0.1, -0.05) is 11.6 Å². The van der Waals surface area contributed by atoms with Crippen molar-refractivity contribution in [1.29, 1.82) is 0 Å². The van der Waals surface area contributed by atoms with E-state index in [2.05, 4.69) is 4.98 Å². The summed E-state index contributed by atoms with van der Waals surface area (Å²) in [5.41, 5.74) is -0.295. The van der Waals surface area contributed by atoms with Crippen molar-refractivity contribution < 1.29 is 9.66 Å². The monoisotopic (exact) mass is 285 g/mol. The Balaban J connectivity index is 2.28. The Kier molecular flexibility index (Phi) is 3.91. The van der Waals surface area contributed by atoms with Crippen LogP contribution in [-0.4, -0.2) is 35.7 Å². The molecule has 1 aliphatic heterocycles. The maximum atomic E-state index is 10.8. The SMILES string of the molecule is COC1(C)CCCN(c2cc([N+](=O)[O-])cc(Cl)n2)C1. The molecular formula is C12H16ClN3O3. The van der Waals surface area contributed by atoms with Gasteiger partial charge in [0.1, 0.15) is 11.0 Å². The normalized spacial score (nSPS) is 23.4. The van der Waals surface area contributed by atoms with E-state index in [9.17, 15) is 10.1 Å². The van der Waals surface area contributed by atoms with E-state index >= 15 is 0 Å². The van der Waals surface area contributed by atoms with Crippen molar-refractivity contribution in [2.45, 2.75) is 25.4 Å². The number of anilines is 1. The van der Waals surface area contributed by atoms with E-state index < -0.39 is 4.92 Å². The van der Waals surface area contributed by atoms with Crippen LogP contribution in [0.25, 0.3) is 0 Å². The van der Waals surface area contributed by atoms with Gasteiger partial charge in [-0.25, -0.2) is 4.98 Å². The van der Waals surface area contributed by atoms with E-state index in [0.717, 1.165) is 19.4 Å². The first kappa shape index (κ1) is 14.0. The maximum absolute atomic E-state index is 10.8. The van der Waals surface area contributed by atoms with Gasteiger partial charge in [-0.3, -0.25) is 10.1 Å². The molecule has 1 fully saturated rings. The number of rotatable bonds is 3. The molecule has 1 aromatic rings. The van der Waals surface area contributed by atoms with E-state index in [4.69, 9.17) is 16.3 Å². The highest BCUT2D eigenvalue weighted by molar-refractivity contribution is 6.29. The number of hydrogen-bond donors (Lipinski definition) is 0. The second-order valence-electron chi connectivity index (χ2n) is 4.94. The summed E-state index contributed by atoms with van der Waals surface area (Å²) in [5.74, 6) is 0.530. The lowest BCUT2D eigenvalue weighted by atomic mass is 9.95. The molecule has 0 bridgehead atoms. The summed E-state index contributed by atoms with van der Waals surface area (Å²) in [6.45, 7) is 3.47. The van der Waals surface area contributed by atoms with Gasteiger partial charge in [0.05, 0.1) is 22.7 Å². The Hall–Kier alpha value is -1.40. The zero-order chi connectivity index (χ0) is 14.0. The average Bonchev–Trinajstić information content (AvgIpc) is 2.38. The minimum Gasteiger partial charge on any atom is -0.377 e. The molecule has 0 aliphatic carbocycles. The van der Waals surface area contributed by atoms with Crippen molar-refractivity contribution in [2.24, 2.45) is 0 Å². The predicted molar refractivity (Wildman–Crippen MR) is 72.8 cm³/mol. The van der Waals surface area contributed by atoms with Crippen molar-refractivity contribution >= 4 is 23.1 Å². The van der Waals surface area contributed by atoms with Gasteiger partial charge >= 0.3 is 0 Å². The quantitative estimate of drug-likeness (QED) is 0.485. The van der Waals surface area contributed by atoms with Gasteiger partial charge in [-0.15, -0.1) is 0 Å². The molecule has 0 saturated carbocycles. The molecule has 1 atom stereocenters. The highest BCUT2D eigenvalue weighted by Crippen LogP contribution is 2.29. The van der Waals surface area contributed by atoms with E-state index in [-0.39, 0.29) is 16.4 Å². The third-order valence-corrected chi connectivity index (χ3v) is 3.65. The lowest BCUT2D eigenvalue weighted by molar-refractivity contribution is -0.384. The number of nitro groups is 1. The molecule has 0 amide bonds. The molecule has 6 nitrogen and oxygen atoms in total. The molecule has 2 heterocycles. The van der Waals surface area contributed by atoms with E-state index in [1.165, 1.54) is 12.1 Å². The molecule has 1 saturated heterocycles. The fraction of sp³-hybridized carbons (Fsp3) is 0.583. The third-order valence-electron chi connectivity index (χ3n) is 3.45. The number of nitrogens with zero attached hydrogens (tertiary/aromatic N) is 3. The van der Waals surface area contributed by atoms with Crippen molar-refractivity contribution in [3.8, 4) is 0 Å². The summed E-state index contributed by atoms with van der Waals surface area (Å²) in [7, 11) is 1.68. The largest absolute Gasteiger partial charge is 0.377 e. The molecule has 0 N–H and O–H groups in total. The van der Waals surface area contributed by atoms with Crippen LogP contribution < -0.4 is 4.90 Å². The number of aromatic nitrogens is 1. The second kappa shape index (κ2) is 5.30. The van der Waals surface area contributed by atoms with E-state index in [1.807, 2.05) is 11.8 Å². The van der Waals surface area contributed by atoms with Gasteiger partial charge in [0.25, 0.3) is 5.69 Å². The van der Waals surface area contributed by atoms with Crippen LogP contribution in [0, 0.1) is 10.1 Å². The molecule has 0 aromatic carbocycles. The minimum absolute atomic E-state index is 0.0420. The summed E-state index contributed by atoms with van der Waals surface area (Å²) in [6.07, 6.45) is 1.91. The van der Waals surface area contributed by atoms with Gasteiger partial charge in [-0.2, -0.15) is 0 Å². The van der Waals surface area contributed by atoms with Crippen LogP contribution in [0.1, 0.15) is 19.8 Å². The summed E-state index contributed by atoms with van der Waals surface area (Å²) in [5, 5.41) is 11.0.